The zero-order chi connectivity index (χ0) is 25.1. The van der Waals surface area contributed by atoms with Crippen molar-refractivity contribution >= 4 is 17.7 Å². The zero-order valence-corrected chi connectivity index (χ0v) is 21.3. The van der Waals surface area contributed by atoms with Crippen LogP contribution in [0.25, 0.3) is 16.7 Å². The van der Waals surface area contributed by atoms with Gasteiger partial charge in [0, 0.05) is 50.6 Å². The fourth-order valence-electron chi connectivity index (χ4n) is 5.03. The van der Waals surface area contributed by atoms with Gasteiger partial charge in [-0.05, 0) is 65.8 Å². The van der Waals surface area contributed by atoms with Crippen molar-refractivity contribution in [2.75, 3.05) is 20.1 Å². The Morgan fingerprint density at radius 1 is 1.08 bits per heavy atom. The maximum atomic E-state index is 5.09. The number of hydrogen-bond donors (Lipinski definition) is 0. The zero-order valence-electron chi connectivity index (χ0n) is 21.3. The summed E-state index contributed by atoms with van der Waals surface area (Å²) < 4.78 is 0. The molecule has 3 aliphatic rings. The fraction of sp³-hybridized carbons (Fsp3) is 0.250. The Hall–Kier alpha value is -3.92. The molecule has 1 unspecified atom stereocenters. The topological polar surface area (TPSA) is 31.2 Å². The molecule has 36 heavy (non-hydrogen) atoms. The molecule has 0 aromatic heterocycles. The van der Waals surface area contributed by atoms with Crippen molar-refractivity contribution in [1.82, 2.24) is 9.80 Å². The van der Waals surface area contributed by atoms with Crippen LogP contribution in [0.5, 0.6) is 0 Å². The van der Waals surface area contributed by atoms with Crippen LogP contribution in [0.4, 0.5) is 0 Å². The van der Waals surface area contributed by atoms with Gasteiger partial charge in [-0.1, -0.05) is 67.3 Å². The van der Waals surface area contributed by atoms with Gasteiger partial charge in [-0.2, -0.15) is 0 Å². The number of aliphatic imine (C=N–C) groups is 2. The Bertz CT molecular complexity index is 1320. The first kappa shape index (κ1) is 23.8. The van der Waals surface area contributed by atoms with E-state index >= 15 is 0 Å². The second-order valence-corrected chi connectivity index (χ2v) is 9.79. The number of aryl methyl sites for hydroxylation is 1. The van der Waals surface area contributed by atoms with Crippen LogP contribution in [0, 0.1) is 12.8 Å². The molecule has 1 fully saturated rings. The first-order valence-electron chi connectivity index (χ1n) is 12.7. The normalized spacial score (nSPS) is 20.0. The molecule has 182 valence electrons. The predicted octanol–water partition coefficient (Wildman–Crippen LogP) is 7.00. The highest BCUT2D eigenvalue weighted by atomic mass is 15.4. The Morgan fingerprint density at radius 2 is 1.92 bits per heavy atom. The van der Waals surface area contributed by atoms with Gasteiger partial charge in [0.15, 0.2) is 0 Å². The molecule has 0 N–H and O–H groups in total. The molecule has 4 nitrogen and oxygen atoms in total. The number of hydrogen-bond acceptors (Lipinski definition) is 4. The molecular formula is C32H34N4. The number of likely N-dealkylation sites (N-methyl/N-ethyl adjacent to an activating group) is 1. The quantitative estimate of drug-likeness (QED) is 0.478. The van der Waals surface area contributed by atoms with Crippen molar-refractivity contribution in [2.24, 2.45) is 15.9 Å². The van der Waals surface area contributed by atoms with Gasteiger partial charge in [-0.3, -0.25) is 4.99 Å². The summed E-state index contributed by atoms with van der Waals surface area (Å²) in [6, 6.07) is 17.5. The third kappa shape index (κ3) is 5.03. The molecule has 5 rings (SSSR count). The van der Waals surface area contributed by atoms with E-state index in [1.54, 1.807) is 0 Å². The molecule has 2 aromatic carbocycles. The summed E-state index contributed by atoms with van der Waals surface area (Å²) in [4.78, 5) is 13.9. The van der Waals surface area contributed by atoms with E-state index in [4.69, 9.17) is 4.99 Å². The average molecular weight is 475 g/mol. The minimum atomic E-state index is 0.371. The lowest BCUT2D eigenvalue weighted by Crippen LogP contribution is -2.47. The maximum Gasteiger partial charge on any atom is 0.206 e. The lowest BCUT2D eigenvalue weighted by molar-refractivity contribution is 0.275. The van der Waals surface area contributed by atoms with Crippen LogP contribution in [-0.4, -0.2) is 42.1 Å². The van der Waals surface area contributed by atoms with Gasteiger partial charge >= 0.3 is 0 Å². The number of piperidine rings is 1. The molecule has 3 heterocycles. The van der Waals surface area contributed by atoms with Gasteiger partial charge < -0.3 is 9.80 Å². The van der Waals surface area contributed by atoms with Crippen LogP contribution < -0.4 is 0 Å². The SMILES string of the molecule is C=C(c1cccc(-c2ccc(C)cc2)c1)C1CCCN(C2=NC(C3=CCC=NC=C3)=CC(=C)N2C)C1. The monoisotopic (exact) mass is 474 g/mol. The van der Waals surface area contributed by atoms with Crippen LogP contribution in [0.3, 0.4) is 0 Å². The minimum absolute atomic E-state index is 0.371. The number of rotatable bonds is 4. The first-order chi connectivity index (χ1) is 17.5. The molecule has 1 saturated heterocycles. The van der Waals surface area contributed by atoms with Crippen LogP contribution in [0.1, 0.15) is 30.4 Å². The summed E-state index contributed by atoms with van der Waals surface area (Å²) in [5.41, 5.74) is 9.15. The highest BCUT2D eigenvalue weighted by Crippen LogP contribution is 2.33. The highest BCUT2D eigenvalue weighted by molar-refractivity contribution is 5.86. The number of likely N-dealkylation sites (tertiary alicyclic amines) is 1. The Labute approximate surface area is 215 Å². The van der Waals surface area contributed by atoms with Gasteiger partial charge in [0.05, 0.1) is 5.70 Å². The summed E-state index contributed by atoms with van der Waals surface area (Å²) in [5, 5.41) is 0. The van der Waals surface area contributed by atoms with E-state index < -0.39 is 0 Å². The third-order valence-corrected chi connectivity index (χ3v) is 7.25. The lowest BCUT2D eigenvalue weighted by atomic mass is 9.86. The van der Waals surface area contributed by atoms with Crippen LogP contribution in [0.2, 0.25) is 0 Å². The largest absolute Gasteiger partial charge is 0.342 e. The van der Waals surface area contributed by atoms with E-state index in [9.17, 15) is 0 Å². The molecule has 3 aliphatic heterocycles. The van der Waals surface area contributed by atoms with E-state index in [1.165, 1.54) is 27.8 Å². The number of nitrogens with zero attached hydrogens (tertiary/aromatic N) is 4. The van der Waals surface area contributed by atoms with E-state index in [2.05, 4.69) is 103 Å². The Balaban J connectivity index is 1.36. The molecule has 0 bridgehead atoms. The maximum absolute atomic E-state index is 5.09. The second kappa shape index (κ2) is 10.4. The molecular weight excluding hydrogens is 440 g/mol. The van der Waals surface area contributed by atoms with E-state index in [-0.39, 0.29) is 0 Å². The van der Waals surface area contributed by atoms with Gasteiger partial charge in [-0.15, -0.1) is 0 Å². The number of guanidine groups is 1. The molecule has 0 saturated carbocycles. The summed E-state index contributed by atoms with van der Waals surface area (Å²) in [5.74, 6) is 1.33. The van der Waals surface area contributed by atoms with Crippen LogP contribution >= 0.6 is 0 Å². The van der Waals surface area contributed by atoms with Crippen LogP contribution in [-0.2, 0) is 0 Å². The summed E-state index contributed by atoms with van der Waals surface area (Å²) in [7, 11) is 2.05. The fourth-order valence-corrected chi connectivity index (χ4v) is 5.03. The summed E-state index contributed by atoms with van der Waals surface area (Å²) in [6.07, 6.45) is 13.0. The number of allylic oxidation sites excluding steroid dienone is 3. The first-order valence-corrected chi connectivity index (χ1v) is 12.7. The summed E-state index contributed by atoms with van der Waals surface area (Å²) in [6.45, 7) is 12.9. The Morgan fingerprint density at radius 3 is 2.75 bits per heavy atom. The van der Waals surface area contributed by atoms with Gasteiger partial charge in [-0.25, -0.2) is 4.99 Å². The summed E-state index contributed by atoms with van der Waals surface area (Å²) >= 11 is 0. The molecule has 0 radical (unpaired) electrons. The molecule has 0 amide bonds. The standard InChI is InChI=1S/C32H34N4/c1-23-12-14-26(15-13-23)29-9-5-8-28(21-29)25(3)30-11-7-19-36(22-30)32-34-31(20-24(2)35(32)4)27-10-6-17-33-18-16-27/h5,8-10,12-18,20-21,30H,2-3,6-7,11,19,22H2,1,4H3. The van der Waals surface area contributed by atoms with Crippen molar-refractivity contribution in [3.8, 4) is 11.1 Å². The predicted molar refractivity (Wildman–Crippen MR) is 153 cm³/mol. The Kier molecular flexibility index (Phi) is 6.86. The second-order valence-electron chi connectivity index (χ2n) is 9.79. The van der Waals surface area contributed by atoms with E-state index in [1.807, 2.05) is 18.5 Å². The average Bonchev–Trinajstić information content (AvgIpc) is 3.20. The lowest BCUT2D eigenvalue weighted by Gasteiger charge is -2.40. The third-order valence-electron chi connectivity index (χ3n) is 7.25. The van der Waals surface area contributed by atoms with Crippen molar-refractivity contribution in [3.05, 3.63) is 114 Å². The molecule has 2 aromatic rings. The molecule has 0 spiro atoms. The smallest absolute Gasteiger partial charge is 0.206 e. The van der Waals surface area contributed by atoms with Crippen molar-refractivity contribution in [1.29, 1.82) is 0 Å². The van der Waals surface area contributed by atoms with Crippen molar-refractivity contribution < 1.29 is 0 Å². The van der Waals surface area contributed by atoms with E-state index in [0.29, 0.717) is 5.92 Å². The molecule has 4 heteroatoms. The van der Waals surface area contributed by atoms with Crippen LogP contribution in [0.15, 0.2) is 113 Å². The van der Waals surface area contributed by atoms with Gasteiger partial charge in [0.1, 0.15) is 0 Å². The van der Waals surface area contributed by atoms with Gasteiger partial charge in [0.25, 0.3) is 0 Å². The van der Waals surface area contributed by atoms with E-state index in [0.717, 1.165) is 55.3 Å². The molecule has 1 atom stereocenters. The minimum Gasteiger partial charge on any atom is -0.342 e. The highest BCUT2D eigenvalue weighted by Gasteiger charge is 2.29. The van der Waals surface area contributed by atoms with Crippen molar-refractivity contribution in [3.63, 3.8) is 0 Å². The van der Waals surface area contributed by atoms with Crippen molar-refractivity contribution in [2.45, 2.75) is 26.2 Å². The molecule has 0 aliphatic carbocycles. The van der Waals surface area contributed by atoms with Gasteiger partial charge in [0.2, 0.25) is 5.96 Å². The number of benzene rings is 2.